The second kappa shape index (κ2) is 5.49. The lowest BCUT2D eigenvalue weighted by atomic mass is 9.90. The average molecular weight is 293 g/mol. The Hall–Kier alpha value is -1.48. The molecule has 0 radical (unpaired) electrons. The number of ether oxygens (including phenoxy) is 1. The summed E-state index contributed by atoms with van der Waals surface area (Å²) in [5.74, 6) is 0.785. The van der Waals surface area contributed by atoms with Crippen LogP contribution >= 0.6 is 11.6 Å². The van der Waals surface area contributed by atoms with Crippen LogP contribution in [0.3, 0.4) is 0 Å². The Kier molecular flexibility index (Phi) is 4.09. The van der Waals surface area contributed by atoms with Gasteiger partial charge >= 0.3 is 0 Å². The Morgan fingerprint density at radius 3 is 2.55 bits per heavy atom. The van der Waals surface area contributed by atoms with Crippen molar-refractivity contribution in [3.63, 3.8) is 0 Å². The molecule has 1 aromatic carbocycles. The van der Waals surface area contributed by atoms with E-state index in [1.165, 1.54) is 0 Å². The zero-order valence-corrected chi connectivity index (χ0v) is 13.4. The number of benzene rings is 1. The molecule has 0 aliphatic heterocycles. The molecule has 3 nitrogen and oxygen atoms in total. The minimum atomic E-state index is -0.0369. The van der Waals surface area contributed by atoms with E-state index < -0.39 is 0 Å². The minimum Gasteiger partial charge on any atom is -0.496 e. The standard InChI is InChI=1S/C16H21ClN2O/c1-6-18-11-9-13(16(2,3)4)19-15-10(17)7-8-12(20-5)14(11)15/h7-9H,6H2,1-5H3,(H,18,19). The van der Waals surface area contributed by atoms with E-state index >= 15 is 0 Å². The van der Waals surface area contributed by atoms with Crippen molar-refractivity contribution in [2.75, 3.05) is 19.0 Å². The number of rotatable bonds is 3. The first-order valence-corrected chi connectivity index (χ1v) is 7.18. The average Bonchev–Trinajstić information content (AvgIpc) is 2.39. The summed E-state index contributed by atoms with van der Waals surface area (Å²) in [7, 11) is 1.66. The van der Waals surface area contributed by atoms with Crippen molar-refractivity contribution < 1.29 is 4.74 Å². The van der Waals surface area contributed by atoms with Gasteiger partial charge in [0.05, 0.1) is 23.0 Å². The van der Waals surface area contributed by atoms with Crippen molar-refractivity contribution in [3.8, 4) is 5.75 Å². The molecule has 2 aromatic rings. The molecular weight excluding hydrogens is 272 g/mol. The van der Waals surface area contributed by atoms with Crippen molar-refractivity contribution >= 4 is 28.2 Å². The van der Waals surface area contributed by atoms with Gasteiger partial charge in [-0.3, -0.25) is 4.98 Å². The molecule has 20 heavy (non-hydrogen) atoms. The number of anilines is 1. The van der Waals surface area contributed by atoms with Crippen LogP contribution in [0.25, 0.3) is 10.9 Å². The molecule has 0 atom stereocenters. The Bertz CT molecular complexity index is 632. The van der Waals surface area contributed by atoms with Crippen molar-refractivity contribution in [1.29, 1.82) is 0 Å². The zero-order chi connectivity index (χ0) is 14.9. The van der Waals surface area contributed by atoms with Gasteiger partial charge in [0, 0.05) is 23.3 Å². The molecule has 0 unspecified atom stereocenters. The number of nitrogens with one attached hydrogen (secondary N) is 1. The highest BCUT2D eigenvalue weighted by molar-refractivity contribution is 6.35. The predicted molar refractivity (Wildman–Crippen MR) is 86.2 cm³/mol. The monoisotopic (exact) mass is 292 g/mol. The second-order valence-corrected chi connectivity index (χ2v) is 6.22. The molecule has 0 spiro atoms. The third-order valence-electron chi connectivity index (χ3n) is 3.23. The number of hydrogen-bond donors (Lipinski definition) is 1. The van der Waals surface area contributed by atoms with Gasteiger partial charge in [0.15, 0.2) is 0 Å². The lowest BCUT2D eigenvalue weighted by Gasteiger charge is -2.21. The van der Waals surface area contributed by atoms with Gasteiger partial charge in [-0.1, -0.05) is 32.4 Å². The van der Waals surface area contributed by atoms with Gasteiger partial charge in [-0.25, -0.2) is 0 Å². The molecule has 108 valence electrons. The number of hydrogen-bond acceptors (Lipinski definition) is 3. The Balaban J connectivity index is 2.84. The zero-order valence-electron chi connectivity index (χ0n) is 12.7. The normalized spacial score (nSPS) is 11.7. The lowest BCUT2D eigenvalue weighted by molar-refractivity contribution is 0.420. The van der Waals surface area contributed by atoms with Crippen molar-refractivity contribution in [1.82, 2.24) is 4.98 Å². The lowest BCUT2D eigenvalue weighted by Crippen LogP contribution is -2.14. The van der Waals surface area contributed by atoms with E-state index in [9.17, 15) is 0 Å². The Morgan fingerprint density at radius 1 is 1.30 bits per heavy atom. The van der Waals surface area contributed by atoms with Crippen LogP contribution in [0.4, 0.5) is 5.69 Å². The van der Waals surface area contributed by atoms with E-state index in [0.717, 1.165) is 34.6 Å². The molecule has 0 saturated carbocycles. The molecule has 0 saturated heterocycles. The first-order valence-electron chi connectivity index (χ1n) is 6.80. The molecule has 0 fully saturated rings. The molecule has 4 heteroatoms. The van der Waals surface area contributed by atoms with Crippen molar-refractivity contribution in [3.05, 3.63) is 28.9 Å². The summed E-state index contributed by atoms with van der Waals surface area (Å²) in [6.07, 6.45) is 0. The summed E-state index contributed by atoms with van der Waals surface area (Å²) in [4.78, 5) is 4.75. The van der Waals surface area contributed by atoms with Crippen LogP contribution in [0, 0.1) is 0 Å². The Labute approximate surface area is 125 Å². The fraction of sp³-hybridized carbons (Fsp3) is 0.438. The number of nitrogens with zero attached hydrogens (tertiary/aromatic N) is 1. The predicted octanol–water partition coefficient (Wildman–Crippen LogP) is 4.63. The third kappa shape index (κ3) is 2.68. The maximum Gasteiger partial charge on any atom is 0.130 e. The summed E-state index contributed by atoms with van der Waals surface area (Å²) in [5, 5.41) is 4.97. The second-order valence-electron chi connectivity index (χ2n) is 5.81. The van der Waals surface area contributed by atoms with Crippen LogP contribution in [-0.2, 0) is 5.41 Å². The maximum atomic E-state index is 6.33. The van der Waals surface area contributed by atoms with E-state index in [0.29, 0.717) is 5.02 Å². The SMILES string of the molecule is CCNc1cc(C(C)(C)C)nc2c(Cl)ccc(OC)c12. The van der Waals surface area contributed by atoms with Crippen LogP contribution in [0.1, 0.15) is 33.4 Å². The first kappa shape index (κ1) is 14.9. The number of aromatic nitrogens is 1. The summed E-state index contributed by atoms with van der Waals surface area (Å²) >= 11 is 6.33. The number of methoxy groups -OCH3 is 1. The third-order valence-corrected chi connectivity index (χ3v) is 3.53. The summed E-state index contributed by atoms with van der Waals surface area (Å²) in [6, 6.07) is 5.80. The van der Waals surface area contributed by atoms with Gasteiger partial charge in [0.1, 0.15) is 5.75 Å². The molecule has 2 rings (SSSR count). The maximum absolute atomic E-state index is 6.33. The molecule has 0 aliphatic carbocycles. The molecule has 0 aliphatic rings. The van der Waals surface area contributed by atoms with E-state index in [4.69, 9.17) is 21.3 Å². The van der Waals surface area contributed by atoms with Gasteiger partial charge in [0.2, 0.25) is 0 Å². The molecular formula is C16H21ClN2O. The molecule has 1 heterocycles. The Morgan fingerprint density at radius 2 is 2.00 bits per heavy atom. The van der Waals surface area contributed by atoms with E-state index in [1.807, 2.05) is 12.1 Å². The summed E-state index contributed by atoms with van der Waals surface area (Å²) < 4.78 is 5.46. The van der Waals surface area contributed by atoms with Gasteiger partial charge in [-0.15, -0.1) is 0 Å². The van der Waals surface area contributed by atoms with Gasteiger partial charge in [-0.2, -0.15) is 0 Å². The van der Waals surface area contributed by atoms with Crippen LogP contribution in [0.5, 0.6) is 5.75 Å². The van der Waals surface area contributed by atoms with Gasteiger partial charge in [-0.05, 0) is 25.1 Å². The van der Waals surface area contributed by atoms with Gasteiger partial charge < -0.3 is 10.1 Å². The van der Waals surface area contributed by atoms with Crippen LogP contribution < -0.4 is 10.1 Å². The van der Waals surface area contributed by atoms with E-state index in [-0.39, 0.29) is 5.41 Å². The first-order chi connectivity index (χ1) is 9.38. The quantitative estimate of drug-likeness (QED) is 0.896. The molecule has 0 amide bonds. The highest BCUT2D eigenvalue weighted by Crippen LogP contribution is 2.38. The minimum absolute atomic E-state index is 0.0369. The summed E-state index contributed by atoms with van der Waals surface area (Å²) in [5.41, 5.74) is 2.78. The van der Waals surface area contributed by atoms with Crippen molar-refractivity contribution in [2.45, 2.75) is 33.1 Å². The van der Waals surface area contributed by atoms with Gasteiger partial charge in [0.25, 0.3) is 0 Å². The topological polar surface area (TPSA) is 34.2 Å². The van der Waals surface area contributed by atoms with Crippen LogP contribution in [0.2, 0.25) is 5.02 Å². The highest BCUT2D eigenvalue weighted by Gasteiger charge is 2.20. The van der Waals surface area contributed by atoms with E-state index in [1.54, 1.807) is 7.11 Å². The van der Waals surface area contributed by atoms with E-state index in [2.05, 4.69) is 39.1 Å². The fourth-order valence-corrected chi connectivity index (χ4v) is 2.36. The number of fused-ring (bicyclic) bond motifs is 1. The van der Waals surface area contributed by atoms with Crippen LogP contribution in [-0.4, -0.2) is 18.6 Å². The molecule has 1 aromatic heterocycles. The highest BCUT2D eigenvalue weighted by atomic mass is 35.5. The van der Waals surface area contributed by atoms with Crippen LogP contribution in [0.15, 0.2) is 18.2 Å². The number of halogens is 1. The fourth-order valence-electron chi connectivity index (χ4n) is 2.16. The molecule has 0 bridgehead atoms. The van der Waals surface area contributed by atoms with Crippen molar-refractivity contribution in [2.24, 2.45) is 0 Å². The smallest absolute Gasteiger partial charge is 0.130 e. The number of pyridine rings is 1. The molecule has 1 N–H and O–H groups in total. The summed E-state index contributed by atoms with van der Waals surface area (Å²) in [6.45, 7) is 9.33. The largest absolute Gasteiger partial charge is 0.496 e.